The number of aliphatic hydroxyl groups is 1. The van der Waals surface area contributed by atoms with Crippen LogP contribution in [0.4, 0.5) is 13.2 Å². The van der Waals surface area contributed by atoms with E-state index in [1.54, 1.807) is 23.2 Å². The number of carbonyl (C=O) groups excluding carboxylic acids is 1. The molecular formula is C25H27F3N4O2. The number of rotatable bonds is 4. The summed E-state index contributed by atoms with van der Waals surface area (Å²) in [5.41, 5.74) is 0.769. The minimum absolute atomic E-state index is 0.0495. The first-order chi connectivity index (χ1) is 16.3. The smallest absolute Gasteiger partial charge is 0.396 e. The zero-order valence-corrected chi connectivity index (χ0v) is 18.7. The van der Waals surface area contributed by atoms with Gasteiger partial charge in [0.15, 0.2) is 5.84 Å². The Morgan fingerprint density at radius 2 is 1.88 bits per heavy atom. The molecule has 0 spiro atoms. The van der Waals surface area contributed by atoms with E-state index in [0.717, 1.165) is 18.1 Å². The highest BCUT2D eigenvalue weighted by Crippen LogP contribution is 2.48. The van der Waals surface area contributed by atoms with Gasteiger partial charge >= 0.3 is 6.18 Å². The zero-order chi connectivity index (χ0) is 23.9. The van der Waals surface area contributed by atoms with Gasteiger partial charge in [0, 0.05) is 25.9 Å². The predicted molar refractivity (Wildman–Crippen MR) is 123 cm³/mol. The highest BCUT2D eigenvalue weighted by atomic mass is 19.4. The maximum Gasteiger partial charge on any atom is 0.416 e. The minimum Gasteiger partial charge on any atom is -0.396 e. The Balaban J connectivity index is 1.24. The van der Waals surface area contributed by atoms with Crippen molar-refractivity contribution in [2.24, 2.45) is 26.8 Å². The molecule has 4 atom stereocenters. The Hall–Kier alpha value is -2.81. The minimum atomic E-state index is -4.36. The SMILES string of the molecule is O=C(C1=N[C@H]2CC/C=C(/CCO)C=NC2=N1)N1C[C@H]2CC(c3ccccc3C(F)(F)F)C[C@H]2C1. The number of amides is 1. The Morgan fingerprint density at radius 1 is 1.15 bits per heavy atom. The van der Waals surface area contributed by atoms with E-state index in [0.29, 0.717) is 50.2 Å². The molecule has 180 valence electrons. The molecule has 6 nitrogen and oxygen atoms in total. The van der Waals surface area contributed by atoms with Crippen LogP contribution in [0.5, 0.6) is 0 Å². The molecule has 1 saturated heterocycles. The average Bonchev–Trinajstić information content (AvgIpc) is 3.48. The number of aliphatic hydroxyl groups excluding tert-OH is 1. The Labute approximate surface area is 196 Å². The molecule has 9 heteroatoms. The van der Waals surface area contributed by atoms with Crippen LogP contribution in [0.15, 0.2) is 50.9 Å². The number of carbonyl (C=O) groups is 1. The number of aliphatic imine (C=N–C) groups is 3. The lowest BCUT2D eigenvalue weighted by Gasteiger charge is -2.21. The van der Waals surface area contributed by atoms with Gasteiger partial charge in [-0.25, -0.2) is 9.98 Å². The van der Waals surface area contributed by atoms with E-state index in [1.165, 1.54) is 6.07 Å². The van der Waals surface area contributed by atoms with E-state index in [2.05, 4.69) is 15.0 Å². The van der Waals surface area contributed by atoms with E-state index in [1.807, 2.05) is 6.08 Å². The first-order valence-corrected chi connectivity index (χ1v) is 11.8. The van der Waals surface area contributed by atoms with Gasteiger partial charge in [0.05, 0.1) is 5.56 Å². The quantitative estimate of drug-likeness (QED) is 0.719. The molecule has 1 N–H and O–H groups in total. The van der Waals surface area contributed by atoms with Gasteiger partial charge in [-0.15, -0.1) is 0 Å². The van der Waals surface area contributed by atoms with E-state index in [9.17, 15) is 18.0 Å². The van der Waals surface area contributed by atoms with Gasteiger partial charge in [-0.2, -0.15) is 13.2 Å². The summed E-state index contributed by atoms with van der Waals surface area (Å²) < 4.78 is 40.4. The number of halogens is 3. The second kappa shape index (κ2) is 9.09. The highest BCUT2D eigenvalue weighted by molar-refractivity contribution is 6.41. The number of fused-ring (bicyclic) bond motifs is 2. The average molecular weight is 473 g/mol. The topological polar surface area (TPSA) is 77.6 Å². The van der Waals surface area contributed by atoms with Crippen molar-refractivity contribution in [2.45, 2.75) is 50.2 Å². The van der Waals surface area contributed by atoms with Gasteiger partial charge in [-0.1, -0.05) is 24.3 Å². The van der Waals surface area contributed by atoms with Gasteiger partial charge < -0.3 is 10.0 Å². The standard InChI is InChI=1S/C25H27F3N4O2/c26-25(27,28)20-6-2-1-5-19(20)16-10-17-13-32(14-18(17)11-16)24(34)23-30-21-7-3-4-15(8-9-33)12-29-22(21)31-23/h1-2,4-6,12,16-18,21,33H,3,7-11,13-14H2/b15-4-,29-12?/t16?,17-,18+,21-/m0/s1. The summed E-state index contributed by atoms with van der Waals surface area (Å²) in [5.74, 6) is 0.694. The first-order valence-electron chi connectivity index (χ1n) is 11.8. The molecule has 0 bridgehead atoms. The van der Waals surface area contributed by atoms with E-state index < -0.39 is 11.7 Å². The van der Waals surface area contributed by atoms with Crippen LogP contribution in [-0.2, 0) is 11.0 Å². The van der Waals surface area contributed by atoms with Gasteiger partial charge in [0.2, 0.25) is 5.84 Å². The largest absolute Gasteiger partial charge is 0.416 e. The summed E-state index contributed by atoms with van der Waals surface area (Å²) in [4.78, 5) is 28.2. The van der Waals surface area contributed by atoms with Crippen LogP contribution in [0, 0.1) is 11.8 Å². The lowest BCUT2D eigenvalue weighted by molar-refractivity contribution is -0.138. The summed E-state index contributed by atoms with van der Waals surface area (Å²) in [5, 5.41) is 9.15. The third kappa shape index (κ3) is 4.45. The second-order valence-corrected chi connectivity index (χ2v) is 9.51. The lowest BCUT2D eigenvalue weighted by atomic mass is 9.91. The summed E-state index contributed by atoms with van der Waals surface area (Å²) in [6.45, 7) is 1.09. The third-order valence-corrected chi connectivity index (χ3v) is 7.34. The van der Waals surface area contributed by atoms with Crippen molar-refractivity contribution in [3.63, 3.8) is 0 Å². The molecule has 1 aliphatic carbocycles. The van der Waals surface area contributed by atoms with Gasteiger partial charge in [0.25, 0.3) is 5.91 Å². The fraction of sp³-hybridized carbons (Fsp3) is 0.520. The number of hydrogen-bond donors (Lipinski definition) is 1. The summed E-state index contributed by atoms with van der Waals surface area (Å²) in [6.07, 6.45) is 2.65. The molecule has 0 aromatic heterocycles. The molecule has 4 aliphatic rings. The van der Waals surface area contributed by atoms with Crippen LogP contribution in [0.3, 0.4) is 0 Å². The van der Waals surface area contributed by atoms with Crippen molar-refractivity contribution in [2.75, 3.05) is 19.7 Å². The molecule has 3 heterocycles. The number of hydrogen-bond acceptors (Lipinski definition) is 5. The lowest BCUT2D eigenvalue weighted by Crippen LogP contribution is -2.34. The molecule has 1 aromatic rings. The van der Waals surface area contributed by atoms with Crippen molar-refractivity contribution in [1.29, 1.82) is 0 Å². The second-order valence-electron chi connectivity index (χ2n) is 9.51. The summed E-state index contributed by atoms with van der Waals surface area (Å²) >= 11 is 0. The van der Waals surface area contributed by atoms with Crippen molar-refractivity contribution in [1.82, 2.24) is 4.90 Å². The van der Waals surface area contributed by atoms with E-state index >= 15 is 0 Å². The maximum absolute atomic E-state index is 13.5. The zero-order valence-electron chi connectivity index (χ0n) is 18.7. The van der Waals surface area contributed by atoms with Crippen LogP contribution in [0.2, 0.25) is 0 Å². The van der Waals surface area contributed by atoms with Gasteiger partial charge in [-0.05, 0) is 67.1 Å². The molecule has 2 fully saturated rings. The number of likely N-dealkylation sites (tertiary alicyclic amines) is 1. The van der Waals surface area contributed by atoms with Crippen molar-refractivity contribution in [3.8, 4) is 0 Å². The monoisotopic (exact) mass is 472 g/mol. The maximum atomic E-state index is 13.5. The van der Waals surface area contributed by atoms with Gasteiger partial charge in [0.1, 0.15) is 6.04 Å². The normalized spacial score (nSPS) is 30.1. The Morgan fingerprint density at radius 3 is 2.59 bits per heavy atom. The molecule has 1 amide bonds. The molecular weight excluding hydrogens is 445 g/mol. The Kier molecular flexibility index (Phi) is 6.14. The highest BCUT2D eigenvalue weighted by Gasteiger charge is 2.46. The van der Waals surface area contributed by atoms with Crippen LogP contribution in [-0.4, -0.2) is 59.5 Å². The van der Waals surface area contributed by atoms with Crippen molar-refractivity contribution in [3.05, 3.63) is 47.0 Å². The summed E-state index contributed by atoms with van der Waals surface area (Å²) in [7, 11) is 0. The molecule has 1 aromatic carbocycles. The number of allylic oxidation sites excluding steroid dienone is 1. The number of benzene rings is 1. The molecule has 3 aliphatic heterocycles. The van der Waals surface area contributed by atoms with Gasteiger partial charge in [-0.3, -0.25) is 9.79 Å². The van der Waals surface area contributed by atoms with Crippen LogP contribution >= 0.6 is 0 Å². The number of nitrogens with zero attached hydrogens (tertiary/aromatic N) is 4. The van der Waals surface area contributed by atoms with Crippen molar-refractivity contribution >= 4 is 23.8 Å². The fourth-order valence-corrected chi connectivity index (χ4v) is 5.73. The summed E-state index contributed by atoms with van der Waals surface area (Å²) in [6, 6.07) is 5.61. The van der Waals surface area contributed by atoms with Crippen LogP contribution in [0.1, 0.15) is 49.1 Å². The molecule has 1 unspecified atom stereocenters. The molecule has 0 radical (unpaired) electrons. The predicted octanol–water partition coefficient (Wildman–Crippen LogP) is 4.01. The third-order valence-electron chi connectivity index (χ3n) is 7.34. The van der Waals surface area contributed by atoms with Crippen molar-refractivity contribution < 1.29 is 23.1 Å². The first kappa shape index (κ1) is 23.0. The van der Waals surface area contributed by atoms with Crippen LogP contribution < -0.4 is 0 Å². The van der Waals surface area contributed by atoms with Crippen LogP contribution in [0.25, 0.3) is 0 Å². The fourth-order valence-electron chi connectivity index (χ4n) is 5.73. The van der Waals surface area contributed by atoms with E-state index in [4.69, 9.17) is 5.11 Å². The molecule has 1 saturated carbocycles. The number of alkyl halides is 3. The molecule has 34 heavy (non-hydrogen) atoms. The molecule has 5 rings (SSSR count). The Bertz CT molecular complexity index is 1080. The van der Waals surface area contributed by atoms with E-state index in [-0.39, 0.29) is 42.1 Å². The number of amidine groups is 2.